The molecule has 6 heteroatoms. The Morgan fingerprint density at radius 2 is 1.92 bits per heavy atom. The van der Waals surface area contributed by atoms with E-state index in [9.17, 15) is 8.42 Å². The minimum atomic E-state index is -4.02. The molecule has 78 valence electrons. The predicted molar refractivity (Wildman–Crippen MR) is 54.9 cm³/mol. The quantitative estimate of drug-likeness (QED) is 0.627. The van der Waals surface area contributed by atoms with E-state index >= 15 is 0 Å². The number of rotatable bonds is 4. The molecule has 0 aromatic rings. The SMILES string of the molecule is COC/[C](=C/S(=O)(=O)O)[Sn]([CH3])([CH3])[CH3]. The topological polar surface area (TPSA) is 63.6 Å². The van der Waals surface area contributed by atoms with Crippen molar-refractivity contribution in [3.63, 3.8) is 0 Å². The molecule has 0 bridgehead atoms. The molecule has 0 radical (unpaired) electrons. The Balaban J connectivity index is 4.94. The summed E-state index contributed by atoms with van der Waals surface area (Å²) < 4.78 is 35.5. The Morgan fingerprint density at radius 1 is 1.46 bits per heavy atom. The van der Waals surface area contributed by atoms with Gasteiger partial charge in [-0.05, 0) is 0 Å². The molecule has 0 spiro atoms. The van der Waals surface area contributed by atoms with Crippen molar-refractivity contribution in [2.75, 3.05) is 13.7 Å². The van der Waals surface area contributed by atoms with Crippen molar-refractivity contribution in [2.24, 2.45) is 0 Å². The summed E-state index contributed by atoms with van der Waals surface area (Å²) in [7, 11) is -2.51. The van der Waals surface area contributed by atoms with E-state index in [0.717, 1.165) is 9.00 Å². The molecule has 0 aliphatic carbocycles. The second-order valence-corrected chi connectivity index (χ2v) is 19.8. The van der Waals surface area contributed by atoms with Crippen LogP contribution in [0.25, 0.3) is 0 Å². The monoisotopic (exact) mass is 316 g/mol. The van der Waals surface area contributed by atoms with Gasteiger partial charge in [-0.15, -0.1) is 0 Å². The third-order valence-corrected chi connectivity index (χ3v) is 9.06. The van der Waals surface area contributed by atoms with Crippen LogP contribution in [-0.2, 0) is 14.9 Å². The molecule has 0 saturated carbocycles. The van der Waals surface area contributed by atoms with Crippen molar-refractivity contribution < 1.29 is 17.7 Å². The average molecular weight is 315 g/mol. The fourth-order valence-electron chi connectivity index (χ4n) is 0.763. The summed E-state index contributed by atoms with van der Waals surface area (Å²) in [5, 5.41) is 0.937. The first kappa shape index (κ1) is 13.4. The van der Waals surface area contributed by atoms with E-state index in [0.29, 0.717) is 6.61 Å². The second kappa shape index (κ2) is 4.77. The van der Waals surface area contributed by atoms with E-state index < -0.39 is 28.5 Å². The van der Waals surface area contributed by atoms with Gasteiger partial charge in [0.1, 0.15) is 0 Å². The van der Waals surface area contributed by atoms with Gasteiger partial charge in [0.2, 0.25) is 0 Å². The molecule has 0 aliphatic heterocycles. The number of hydrogen-bond acceptors (Lipinski definition) is 3. The number of ether oxygens (including phenoxy) is 1. The van der Waals surface area contributed by atoms with Gasteiger partial charge in [0.25, 0.3) is 0 Å². The van der Waals surface area contributed by atoms with Crippen LogP contribution in [0.2, 0.25) is 14.8 Å². The first-order chi connectivity index (χ1) is 5.67. The van der Waals surface area contributed by atoms with Gasteiger partial charge in [-0.2, -0.15) is 0 Å². The van der Waals surface area contributed by atoms with Crippen LogP contribution in [-0.4, -0.2) is 45.1 Å². The number of methoxy groups -OCH3 is 1. The van der Waals surface area contributed by atoms with E-state index in [4.69, 9.17) is 9.29 Å². The summed E-state index contributed by atoms with van der Waals surface area (Å²) in [6, 6.07) is 0. The Labute approximate surface area is 83.6 Å². The summed E-state index contributed by atoms with van der Waals surface area (Å²) in [4.78, 5) is 6.18. The molecule has 1 N–H and O–H groups in total. The van der Waals surface area contributed by atoms with E-state index in [1.165, 1.54) is 7.11 Å². The first-order valence-electron chi connectivity index (χ1n) is 3.84. The zero-order valence-electron chi connectivity index (χ0n) is 8.36. The van der Waals surface area contributed by atoms with E-state index in [1.54, 1.807) is 0 Å². The van der Waals surface area contributed by atoms with Gasteiger partial charge < -0.3 is 0 Å². The summed E-state index contributed by atoms with van der Waals surface area (Å²) >= 11 is -2.43. The van der Waals surface area contributed by atoms with Crippen LogP contribution in [0.15, 0.2) is 9.00 Å². The van der Waals surface area contributed by atoms with Crippen LogP contribution in [0.4, 0.5) is 0 Å². The fourth-order valence-corrected chi connectivity index (χ4v) is 7.49. The Kier molecular flexibility index (Phi) is 4.92. The maximum absolute atomic E-state index is 10.6. The fraction of sp³-hybridized carbons (Fsp3) is 0.714. The average Bonchev–Trinajstić information content (AvgIpc) is 1.81. The van der Waals surface area contributed by atoms with E-state index in [-0.39, 0.29) is 0 Å². The molecule has 0 aromatic carbocycles. The van der Waals surface area contributed by atoms with Gasteiger partial charge in [0.05, 0.1) is 0 Å². The molecule has 0 fully saturated rings. The third kappa shape index (κ3) is 6.48. The van der Waals surface area contributed by atoms with Gasteiger partial charge >= 0.3 is 83.7 Å². The molecule has 0 unspecified atom stereocenters. The van der Waals surface area contributed by atoms with Crippen molar-refractivity contribution in [2.45, 2.75) is 14.8 Å². The second-order valence-electron chi connectivity index (χ2n) is 3.84. The van der Waals surface area contributed by atoms with Crippen molar-refractivity contribution in [1.29, 1.82) is 0 Å². The minimum absolute atomic E-state index is 0.291. The molecule has 13 heavy (non-hydrogen) atoms. The number of hydrogen-bond donors (Lipinski definition) is 1. The normalized spacial score (nSPS) is 14.7. The van der Waals surface area contributed by atoms with Gasteiger partial charge in [0.15, 0.2) is 0 Å². The summed E-state index contributed by atoms with van der Waals surface area (Å²) in [6.45, 7) is 0.291. The maximum atomic E-state index is 10.6. The van der Waals surface area contributed by atoms with E-state index in [1.807, 2.05) is 0 Å². The summed E-state index contributed by atoms with van der Waals surface area (Å²) in [5.41, 5.74) is 0. The van der Waals surface area contributed by atoms with Crippen LogP contribution >= 0.6 is 0 Å². The van der Waals surface area contributed by atoms with Crippen LogP contribution in [0.1, 0.15) is 0 Å². The molecule has 0 rings (SSSR count). The van der Waals surface area contributed by atoms with Crippen molar-refractivity contribution in [3.8, 4) is 0 Å². The van der Waals surface area contributed by atoms with Gasteiger partial charge in [-0.25, -0.2) is 0 Å². The van der Waals surface area contributed by atoms with Crippen LogP contribution < -0.4 is 0 Å². The van der Waals surface area contributed by atoms with Gasteiger partial charge in [-0.1, -0.05) is 0 Å². The third-order valence-electron chi connectivity index (χ3n) is 1.55. The zero-order chi connectivity index (χ0) is 10.7. The predicted octanol–water partition coefficient (Wildman–Crippen LogP) is 1.28. The molecular weight excluding hydrogens is 299 g/mol. The molecular formula is C7H16O4SSn. The zero-order valence-corrected chi connectivity index (χ0v) is 12.0. The van der Waals surface area contributed by atoms with E-state index in [2.05, 4.69) is 14.8 Å². The van der Waals surface area contributed by atoms with Crippen LogP contribution in [0.3, 0.4) is 0 Å². The molecule has 0 atom stereocenters. The van der Waals surface area contributed by atoms with Crippen molar-refractivity contribution >= 4 is 28.5 Å². The standard InChI is InChI=1S/C4H7O4S.3CH3.Sn/c1-8-3-2-4-9(5,6)7;;;;/h4H,3H2,1H3,(H,5,6,7);3*1H3;. The molecule has 0 saturated heterocycles. The molecule has 0 amide bonds. The van der Waals surface area contributed by atoms with Gasteiger partial charge in [-0.3, -0.25) is 0 Å². The van der Waals surface area contributed by atoms with Crippen molar-refractivity contribution in [1.82, 2.24) is 0 Å². The Bertz CT molecular complexity index is 286. The molecule has 0 heterocycles. The Morgan fingerprint density at radius 3 is 2.15 bits per heavy atom. The molecule has 4 nitrogen and oxygen atoms in total. The van der Waals surface area contributed by atoms with Crippen molar-refractivity contribution in [3.05, 3.63) is 9.00 Å². The summed E-state index contributed by atoms with van der Waals surface area (Å²) in [6.07, 6.45) is 0. The molecule has 0 aliphatic rings. The van der Waals surface area contributed by atoms with Gasteiger partial charge in [0, 0.05) is 0 Å². The molecule has 0 aromatic heterocycles. The van der Waals surface area contributed by atoms with Crippen LogP contribution in [0, 0.1) is 0 Å². The Hall–Kier alpha value is 0.409. The summed E-state index contributed by atoms with van der Waals surface area (Å²) in [5.74, 6) is 0. The van der Waals surface area contributed by atoms with Crippen LogP contribution in [0.5, 0.6) is 0 Å². The first-order valence-corrected chi connectivity index (χ1v) is 15.3.